The van der Waals surface area contributed by atoms with Gasteiger partial charge in [-0.25, -0.2) is 9.38 Å². The van der Waals surface area contributed by atoms with E-state index in [1.54, 1.807) is 17.0 Å². The molecule has 0 aromatic heterocycles. The van der Waals surface area contributed by atoms with Crippen LogP contribution in [-0.4, -0.2) is 11.7 Å². The highest BCUT2D eigenvalue weighted by Gasteiger charge is 2.32. The molecule has 1 heterocycles. The van der Waals surface area contributed by atoms with Crippen LogP contribution in [0.1, 0.15) is 16.7 Å². The van der Waals surface area contributed by atoms with E-state index in [0.29, 0.717) is 17.1 Å². The van der Waals surface area contributed by atoms with Crippen molar-refractivity contribution in [3.63, 3.8) is 0 Å². The molecule has 1 amide bonds. The van der Waals surface area contributed by atoms with Crippen molar-refractivity contribution in [2.75, 3.05) is 4.90 Å². The molecule has 0 radical (unpaired) electrons. The molecule has 0 saturated carbocycles. The lowest BCUT2D eigenvalue weighted by molar-refractivity contribution is -0.113. The second-order valence-electron chi connectivity index (χ2n) is 7.52. The Morgan fingerprint density at radius 3 is 2.42 bits per heavy atom. The Bertz CT molecular complexity index is 1360. The minimum absolute atomic E-state index is 0.210. The lowest BCUT2D eigenvalue weighted by atomic mass is 10.0. The SMILES string of the molecule is Cc1cccc(N2C(=O)/C(=C\c3cccc4ccccc34)N=C2c2ccc(F)cc2)c1. The van der Waals surface area contributed by atoms with Gasteiger partial charge in [-0.3, -0.25) is 9.69 Å². The molecular weight excluding hydrogens is 387 g/mol. The molecule has 0 N–H and O–H groups in total. The van der Waals surface area contributed by atoms with Gasteiger partial charge < -0.3 is 0 Å². The first kappa shape index (κ1) is 18.9. The van der Waals surface area contributed by atoms with E-state index in [0.717, 1.165) is 27.6 Å². The van der Waals surface area contributed by atoms with Crippen LogP contribution in [0.3, 0.4) is 0 Å². The van der Waals surface area contributed by atoms with Gasteiger partial charge in [0.15, 0.2) is 0 Å². The molecule has 0 unspecified atom stereocenters. The molecule has 0 spiro atoms. The molecule has 0 atom stereocenters. The number of anilines is 1. The highest BCUT2D eigenvalue weighted by Crippen LogP contribution is 2.30. The second kappa shape index (κ2) is 7.65. The molecule has 4 heteroatoms. The molecule has 0 saturated heterocycles. The maximum Gasteiger partial charge on any atom is 0.282 e. The molecule has 1 aliphatic heterocycles. The highest BCUT2D eigenvalue weighted by molar-refractivity contribution is 6.33. The molecule has 3 nitrogen and oxygen atoms in total. The summed E-state index contributed by atoms with van der Waals surface area (Å²) >= 11 is 0. The summed E-state index contributed by atoms with van der Waals surface area (Å²) in [5, 5.41) is 2.15. The number of hydrogen-bond donors (Lipinski definition) is 0. The third-order valence-electron chi connectivity index (χ3n) is 5.34. The summed E-state index contributed by atoms with van der Waals surface area (Å²) < 4.78 is 13.5. The Balaban J connectivity index is 1.67. The van der Waals surface area contributed by atoms with Gasteiger partial charge in [0.1, 0.15) is 17.3 Å². The average molecular weight is 406 g/mol. The average Bonchev–Trinajstić information content (AvgIpc) is 3.10. The first-order valence-electron chi connectivity index (χ1n) is 10.1. The number of amidine groups is 1. The smallest absolute Gasteiger partial charge is 0.266 e. The van der Waals surface area contributed by atoms with Crippen LogP contribution in [0.25, 0.3) is 16.8 Å². The van der Waals surface area contributed by atoms with E-state index < -0.39 is 0 Å². The Morgan fingerprint density at radius 1 is 0.871 bits per heavy atom. The molecule has 0 bridgehead atoms. The Hall–Kier alpha value is -4.05. The van der Waals surface area contributed by atoms with Gasteiger partial charge in [-0.15, -0.1) is 0 Å². The first-order chi connectivity index (χ1) is 15.1. The van der Waals surface area contributed by atoms with Gasteiger partial charge in [-0.1, -0.05) is 54.6 Å². The van der Waals surface area contributed by atoms with Gasteiger partial charge >= 0.3 is 0 Å². The fraction of sp³-hybridized carbons (Fsp3) is 0.0370. The fourth-order valence-corrected chi connectivity index (χ4v) is 3.84. The number of amides is 1. The molecule has 31 heavy (non-hydrogen) atoms. The Labute approximate surface area is 179 Å². The lowest BCUT2D eigenvalue weighted by Crippen LogP contribution is -2.32. The minimum Gasteiger partial charge on any atom is -0.266 e. The summed E-state index contributed by atoms with van der Waals surface area (Å²) in [5.41, 5.74) is 3.72. The number of carbonyl (C=O) groups is 1. The van der Waals surface area contributed by atoms with E-state index in [9.17, 15) is 9.18 Å². The summed E-state index contributed by atoms with van der Waals surface area (Å²) in [6.07, 6.45) is 1.82. The van der Waals surface area contributed by atoms with Gasteiger partial charge in [0.05, 0.1) is 5.69 Å². The van der Waals surface area contributed by atoms with E-state index in [1.165, 1.54) is 12.1 Å². The van der Waals surface area contributed by atoms with Crippen molar-refractivity contribution >= 4 is 34.3 Å². The van der Waals surface area contributed by atoms with Crippen molar-refractivity contribution in [2.45, 2.75) is 6.92 Å². The van der Waals surface area contributed by atoms with Gasteiger partial charge in [-0.05, 0) is 71.3 Å². The molecule has 4 aromatic rings. The van der Waals surface area contributed by atoms with Crippen LogP contribution in [0.5, 0.6) is 0 Å². The van der Waals surface area contributed by atoms with Gasteiger partial charge in [0.25, 0.3) is 5.91 Å². The van der Waals surface area contributed by atoms with Crippen LogP contribution in [-0.2, 0) is 4.79 Å². The second-order valence-corrected chi connectivity index (χ2v) is 7.52. The third kappa shape index (κ3) is 3.53. The van der Waals surface area contributed by atoms with Crippen molar-refractivity contribution in [2.24, 2.45) is 4.99 Å². The largest absolute Gasteiger partial charge is 0.282 e. The number of aryl methyl sites for hydroxylation is 1. The molecule has 0 aliphatic carbocycles. The number of aliphatic imine (C=N–C) groups is 1. The molecule has 1 aliphatic rings. The van der Waals surface area contributed by atoms with E-state index in [-0.39, 0.29) is 11.7 Å². The zero-order chi connectivity index (χ0) is 21.4. The van der Waals surface area contributed by atoms with Gasteiger partial charge in [-0.2, -0.15) is 0 Å². The predicted molar refractivity (Wildman–Crippen MR) is 124 cm³/mol. The van der Waals surface area contributed by atoms with Crippen LogP contribution >= 0.6 is 0 Å². The van der Waals surface area contributed by atoms with E-state index in [4.69, 9.17) is 4.99 Å². The number of carbonyl (C=O) groups excluding carboxylic acids is 1. The van der Waals surface area contributed by atoms with Crippen molar-refractivity contribution in [3.05, 3.63) is 119 Å². The zero-order valence-electron chi connectivity index (χ0n) is 16.9. The van der Waals surface area contributed by atoms with Crippen LogP contribution in [0.15, 0.2) is 102 Å². The Morgan fingerprint density at radius 2 is 1.61 bits per heavy atom. The quantitative estimate of drug-likeness (QED) is 0.377. The fourth-order valence-electron chi connectivity index (χ4n) is 3.84. The van der Waals surface area contributed by atoms with Crippen molar-refractivity contribution in [3.8, 4) is 0 Å². The third-order valence-corrected chi connectivity index (χ3v) is 5.34. The van der Waals surface area contributed by atoms with Crippen molar-refractivity contribution in [1.82, 2.24) is 0 Å². The Kier molecular flexibility index (Phi) is 4.68. The molecule has 4 aromatic carbocycles. The maximum absolute atomic E-state index is 13.5. The summed E-state index contributed by atoms with van der Waals surface area (Å²) in [6.45, 7) is 1.98. The van der Waals surface area contributed by atoms with E-state index >= 15 is 0 Å². The number of rotatable bonds is 3. The molecule has 150 valence electrons. The summed E-state index contributed by atoms with van der Waals surface area (Å²) in [7, 11) is 0. The summed E-state index contributed by atoms with van der Waals surface area (Å²) in [4.78, 5) is 19.8. The molecule has 0 fully saturated rings. The van der Waals surface area contributed by atoms with Crippen molar-refractivity contribution in [1.29, 1.82) is 0 Å². The standard InChI is InChI=1S/C27H19FN2O/c1-18-6-4-10-23(16-18)30-26(20-12-14-22(28)15-13-20)29-25(27(30)31)17-21-9-5-8-19-7-2-3-11-24(19)21/h2-17H,1H3/b25-17+. The number of nitrogens with zero attached hydrogens (tertiary/aromatic N) is 2. The highest BCUT2D eigenvalue weighted by atomic mass is 19.1. The minimum atomic E-state index is -0.331. The zero-order valence-corrected chi connectivity index (χ0v) is 16.9. The van der Waals surface area contributed by atoms with Gasteiger partial charge in [0.2, 0.25) is 0 Å². The van der Waals surface area contributed by atoms with Crippen LogP contribution in [0, 0.1) is 12.7 Å². The maximum atomic E-state index is 13.5. The number of hydrogen-bond acceptors (Lipinski definition) is 2. The monoisotopic (exact) mass is 406 g/mol. The normalized spacial score (nSPS) is 15.0. The molecular formula is C27H19FN2O. The summed E-state index contributed by atoms with van der Waals surface area (Å²) in [5.74, 6) is -0.0535. The predicted octanol–water partition coefficient (Wildman–Crippen LogP) is 6.12. The lowest BCUT2D eigenvalue weighted by Gasteiger charge is -2.19. The van der Waals surface area contributed by atoms with Crippen LogP contribution < -0.4 is 4.90 Å². The topological polar surface area (TPSA) is 32.7 Å². The first-order valence-corrected chi connectivity index (χ1v) is 10.1. The van der Waals surface area contributed by atoms with Crippen molar-refractivity contribution < 1.29 is 9.18 Å². The number of fused-ring (bicyclic) bond motifs is 1. The number of halogens is 1. The van der Waals surface area contributed by atoms with Gasteiger partial charge in [0, 0.05) is 5.56 Å². The molecule has 5 rings (SSSR count). The van der Waals surface area contributed by atoms with E-state index in [2.05, 4.69) is 0 Å². The number of benzene rings is 4. The van der Waals surface area contributed by atoms with Crippen LogP contribution in [0.2, 0.25) is 0 Å². The van der Waals surface area contributed by atoms with Crippen LogP contribution in [0.4, 0.5) is 10.1 Å². The van der Waals surface area contributed by atoms with E-state index in [1.807, 2.05) is 79.7 Å². The summed E-state index contributed by atoms with van der Waals surface area (Å²) in [6, 6.07) is 27.8.